The Kier molecular flexibility index (Phi) is 6.66. The van der Waals surface area contributed by atoms with Crippen LogP contribution in [0.3, 0.4) is 0 Å². The number of nitrogens with one attached hydrogen (secondary N) is 1. The molecule has 0 saturated heterocycles. The summed E-state index contributed by atoms with van der Waals surface area (Å²) in [6, 6.07) is 4.94. The molecule has 0 fully saturated rings. The summed E-state index contributed by atoms with van der Waals surface area (Å²) in [6.45, 7) is 2.63. The minimum atomic E-state index is -0.510. The number of benzene rings is 1. The van der Waals surface area contributed by atoms with E-state index in [1.165, 1.54) is 4.68 Å². The topological polar surface area (TPSA) is 95.2 Å². The van der Waals surface area contributed by atoms with E-state index in [0.29, 0.717) is 29.7 Å². The molecule has 0 saturated carbocycles. The fourth-order valence-corrected chi connectivity index (χ4v) is 3.48. The van der Waals surface area contributed by atoms with Crippen LogP contribution in [0.4, 0.5) is 5.69 Å². The number of aryl methyl sites for hydroxylation is 1. The zero-order chi connectivity index (χ0) is 20.1. The van der Waals surface area contributed by atoms with Gasteiger partial charge in [-0.3, -0.25) is 9.36 Å². The summed E-state index contributed by atoms with van der Waals surface area (Å²) in [5.41, 5.74) is 0.317. The number of carbonyl (C=O) groups excluding carboxylic acids is 2. The molecular formula is C19H23BrN4O4. The van der Waals surface area contributed by atoms with Gasteiger partial charge in [-0.25, -0.2) is 14.3 Å². The van der Waals surface area contributed by atoms with Crippen molar-refractivity contribution in [2.75, 3.05) is 11.9 Å². The standard InChI is InChI=1S/C19H23BrN4O4/c1-2-10-28-18(26)14-11-13(20)7-8-15(14)21-17(25)12-24-19(27)23-9-5-3-4-6-16(23)22-24/h7-8,11H,2-6,9-10,12H2,1H3,(H,21,25). The molecule has 9 heteroatoms. The number of anilines is 1. The third-order valence-electron chi connectivity index (χ3n) is 4.49. The van der Waals surface area contributed by atoms with Gasteiger partial charge in [-0.2, -0.15) is 5.10 Å². The van der Waals surface area contributed by atoms with Crippen LogP contribution in [-0.2, 0) is 29.0 Å². The minimum absolute atomic E-state index is 0.210. The Morgan fingerprint density at radius 3 is 2.89 bits per heavy atom. The lowest BCUT2D eigenvalue weighted by Gasteiger charge is -2.11. The zero-order valence-electron chi connectivity index (χ0n) is 15.7. The molecule has 0 aliphatic carbocycles. The van der Waals surface area contributed by atoms with Gasteiger partial charge in [0.15, 0.2) is 0 Å². The van der Waals surface area contributed by atoms with Gasteiger partial charge in [-0.1, -0.05) is 29.3 Å². The summed E-state index contributed by atoms with van der Waals surface area (Å²) < 4.78 is 8.70. The van der Waals surface area contributed by atoms with E-state index >= 15 is 0 Å². The van der Waals surface area contributed by atoms with Gasteiger partial charge in [0.2, 0.25) is 5.91 Å². The molecule has 1 N–H and O–H groups in total. The largest absolute Gasteiger partial charge is 0.462 e. The van der Waals surface area contributed by atoms with Crippen molar-refractivity contribution in [1.82, 2.24) is 14.3 Å². The number of rotatable bonds is 6. The van der Waals surface area contributed by atoms with E-state index in [1.54, 1.807) is 22.8 Å². The van der Waals surface area contributed by atoms with Crippen LogP contribution in [0.25, 0.3) is 0 Å². The molecule has 8 nitrogen and oxygen atoms in total. The number of esters is 1. The Bertz CT molecular complexity index is 935. The molecule has 150 valence electrons. The maximum Gasteiger partial charge on any atom is 0.346 e. The van der Waals surface area contributed by atoms with Gasteiger partial charge in [-0.15, -0.1) is 0 Å². The highest BCUT2D eigenvalue weighted by atomic mass is 79.9. The van der Waals surface area contributed by atoms with Gasteiger partial charge in [-0.05, 0) is 37.5 Å². The Morgan fingerprint density at radius 1 is 1.29 bits per heavy atom. The summed E-state index contributed by atoms with van der Waals surface area (Å²) in [7, 11) is 0. The predicted octanol–water partition coefficient (Wildman–Crippen LogP) is 2.74. The van der Waals surface area contributed by atoms with Crippen LogP contribution in [-0.4, -0.2) is 32.8 Å². The molecule has 1 aliphatic heterocycles. The third-order valence-corrected chi connectivity index (χ3v) is 4.98. The van der Waals surface area contributed by atoms with E-state index < -0.39 is 11.9 Å². The summed E-state index contributed by atoms with van der Waals surface area (Å²) >= 11 is 3.32. The number of nitrogens with zero attached hydrogens (tertiary/aromatic N) is 3. The van der Waals surface area contributed by atoms with Crippen molar-refractivity contribution >= 4 is 33.5 Å². The van der Waals surface area contributed by atoms with E-state index in [9.17, 15) is 14.4 Å². The number of hydrogen-bond acceptors (Lipinski definition) is 5. The normalized spacial score (nSPS) is 13.5. The molecule has 1 aromatic heterocycles. The molecule has 1 amide bonds. The number of fused-ring (bicyclic) bond motifs is 1. The monoisotopic (exact) mass is 450 g/mol. The molecule has 2 heterocycles. The Balaban J connectivity index is 1.75. The third kappa shape index (κ3) is 4.70. The van der Waals surface area contributed by atoms with Crippen molar-refractivity contribution in [3.8, 4) is 0 Å². The Morgan fingerprint density at radius 2 is 2.11 bits per heavy atom. The molecule has 0 radical (unpaired) electrons. The second-order valence-corrected chi connectivity index (χ2v) is 7.61. The van der Waals surface area contributed by atoms with E-state index in [4.69, 9.17) is 4.74 Å². The molecule has 1 aromatic carbocycles. The van der Waals surface area contributed by atoms with Gasteiger partial charge < -0.3 is 10.1 Å². The molecule has 3 rings (SSSR count). The molecular weight excluding hydrogens is 428 g/mol. The fraction of sp³-hybridized carbons (Fsp3) is 0.474. The molecule has 0 atom stereocenters. The number of carbonyl (C=O) groups is 2. The second-order valence-electron chi connectivity index (χ2n) is 6.69. The first-order valence-corrected chi connectivity index (χ1v) is 10.2. The molecule has 2 aromatic rings. The van der Waals surface area contributed by atoms with Crippen LogP contribution in [0.5, 0.6) is 0 Å². The van der Waals surface area contributed by atoms with Crippen molar-refractivity contribution in [2.45, 2.75) is 52.1 Å². The van der Waals surface area contributed by atoms with Crippen LogP contribution in [0.15, 0.2) is 27.5 Å². The van der Waals surface area contributed by atoms with Crippen LogP contribution in [0.1, 0.15) is 48.8 Å². The van der Waals surface area contributed by atoms with E-state index in [2.05, 4.69) is 26.3 Å². The van der Waals surface area contributed by atoms with Crippen molar-refractivity contribution in [3.63, 3.8) is 0 Å². The van der Waals surface area contributed by atoms with Crippen LogP contribution >= 0.6 is 15.9 Å². The maximum absolute atomic E-state index is 12.5. The summed E-state index contributed by atoms with van der Waals surface area (Å²) in [4.78, 5) is 37.3. The van der Waals surface area contributed by atoms with Crippen LogP contribution < -0.4 is 11.0 Å². The lowest BCUT2D eigenvalue weighted by Crippen LogP contribution is -2.30. The zero-order valence-corrected chi connectivity index (χ0v) is 17.3. The van der Waals surface area contributed by atoms with Crippen LogP contribution in [0.2, 0.25) is 0 Å². The van der Waals surface area contributed by atoms with Crippen molar-refractivity contribution in [2.24, 2.45) is 0 Å². The highest BCUT2D eigenvalue weighted by molar-refractivity contribution is 9.10. The Hall–Kier alpha value is -2.42. The first-order chi connectivity index (χ1) is 13.5. The lowest BCUT2D eigenvalue weighted by atomic mass is 10.2. The van der Waals surface area contributed by atoms with Gasteiger partial charge in [0.1, 0.15) is 12.4 Å². The SMILES string of the molecule is CCCOC(=O)c1cc(Br)ccc1NC(=O)Cn1nc2n(c1=O)CCCCC2. The molecule has 0 unspecified atom stereocenters. The van der Waals surface area contributed by atoms with E-state index in [0.717, 1.165) is 31.5 Å². The lowest BCUT2D eigenvalue weighted by molar-refractivity contribution is -0.117. The number of halogens is 1. The maximum atomic E-state index is 12.5. The number of aromatic nitrogens is 3. The van der Waals surface area contributed by atoms with Crippen LogP contribution in [0, 0.1) is 0 Å². The van der Waals surface area contributed by atoms with Gasteiger partial charge in [0, 0.05) is 17.4 Å². The quantitative estimate of drug-likeness (QED) is 0.682. The minimum Gasteiger partial charge on any atom is -0.462 e. The Labute approximate surface area is 171 Å². The first kappa shape index (κ1) is 20.3. The van der Waals surface area contributed by atoms with Gasteiger partial charge in [0.05, 0.1) is 17.9 Å². The van der Waals surface area contributed by atoms with Crippen molar-refractivity contribution in [3.05, 3.63) is 44.5 Å². The molecule has 0 spiro atoms. The summed E-state index contributed by atoms with van der Waals surface area (Å²) in [5.74, 6) is -0.214. The molecule has 28 heavy (non-hydrogen) atoms. The van der Waals surface area contributed by atoms with Gasteiger partial charge >= 0.3 is 11.7 Å². The molecule has 0 bridgehead atoms. The number of ether oxygens (including phenoxy) is 1. The average Bonchev–Trinajstić information content (AvgIpc) is 2.84. The first-order valence-electron chi connectivity index (χ1n) is 9.42. The van der Waals surface area contributed by atoms with E-state index in [-0.39, 0.29) is 17.8 Å². The smallest absolute Gasteiger partial charge is 0.346 e. The number of hydrogen-bond donors (Lipinski definition) is 1. The predicted molar refractivity (Wildman–Crippen MR) is 107 cm³/mol. The highest BCUT2D eigenvalue weighted by Crippen LogP contribution is 2.22. The van der Waals surface area contributed by atoms with Crippen molar-refractivity contribution < 1.29 is 14.3 Å². The highest BCUT2D eigenvalue weighted by Gasteiger charge is 2.19. The fourth-order valence-electron chi connectivity index (χ4n) is 3.12. The molecule has 1 aliphatic rings. The average molecular weight is 451 g/mol. The second kappa shape index (κ2) is 9.18. The van der Waals surface area contributed by atoms with Crippen molar-refractivity contribution in [1.29, 1.82) is 0 Å². The number of amides is 1. The summed E-state index contributed by atoms with van der Waals surface area (Å²) in [6.07, 6.45) is 4.45. The van der Waals surface area contributed by atoms with Gasteiger partial charge in [0.25, 0.3) is 0 Å². The van der Waals surface area contributed by atoms with E-state index in [1.807, 2.05) is 6.92 Å². The summed E-state index contributed by atoms with van der Waals surface area (Å²) in [5, 5.41) is 7.01.